The van der Waals surface area contributed by atoms with E-state index in [0.29, 0.717) is 32.4 Å². The molecule has 0 atom stereocenters. The Hall–Kier alpha value is -3.46. The maximum absolute atomic E-state index is 13.1. The average Bonchev–Trinajstić information content (AvgIpc) is 3.36. The topological polar surface area (TPSA) is 103 Å². The van der Waals surface area contributed by atoms with E-state index in [1.807, 2.05) is 38.1 Å². The Morgan fingerprint density at radius 1 is 0.971 bits per heavy atom. The van der Waals surface area contributed by atoms with Crippen LogP contribution >= 0.6 is 11.3 Å². The summed E-state index contributed by atoms with van der Waals surface area (Å²) in [6.07, 6.45) is 0. The van der Waals surface area contributed by atoms with E-state index in [9.17, 15) is 14.4 Å². The molecule has 3 N–H and O–H groups in total. The molecular formula is C25H31N5O3S. The number of thiophene rings is 1. The second-order valence-electron chi connectivity index (χ2n) is 9.47. The van der Waals surface area contributed by atoms with Crippen LogP contribution in [-0.2, 0) is 10.2 Å². The highest BCUT2D eigenvalue weighted by molar-refractivity contribution is 7.15. The van der Waals surface area contributed by atoms with Crippen LogP contribution in [0.5, 0.6) is 0 Å². The number of hydrogen-bond donors (Lipinski definition) is 3. The van der Waals surface area contributed by atoms with Crippen molar-refractivity contribution in [3.8, 4) is 0 Å². The first-order chi connectivity index (χ1) is 15.9. The van der Waals surface area contributed by atoms with Gasteiger partial charge in [-0.2, -0.15) is 10.1 Å². The van der Waals surface area contributed by atoms with Gasteiger partial charge in [-0.15, -0.1) is 11.3 Å². The first kappa shape index (κ1) is 25.2. The lowest BCUT2D eigenvalue weighted by atomic mass is 9.87. The molecule has 0 saturated heterocycles. The van der Waals surface area contributed by atoms with Crippen LogP contribution in [0.3, 0.4) is 0 Å². The van der Waals surface area contributed by atoms with Crippen LogP contribution in [0.15, 0.2) is 52.8 Å². The van der Waals surface area contributed by atoms with E-state index in [1.165, 1.54) is 10.6 Å². The zero-order valence-electron chi connectivity index (χ0n) is 20.6. The number of carbonyl (C=O) groups is 3. The predicted octanol–water partition coefficient (Wildman–Crippen LogP) is 4.11. The van der Waals surface area contributed by atoms with Crippen LogP contribution in [-0.4, -0.2) is 29.5 Å². The zero-order valence-corrected chi connectivity index (χ0v) is 21.4. The molecule has 0 bridgehead atoms. The van der Waals surface area contributed by atoms with Crippen molar-refractivity contribution in [2.24, 2.45) is 5.10 Å². The predicted molar refractivity (Wildman–Crippen MR) is 136 cm³/mol. The van der Waals surface area contributed by atoms with Gasteiger partial charge in [0.1, 0.15) is 0 Å². The number of hydrogen-bond acceptors (Lipinski definition) is 6. The number of anilines is 1. The smallest absolute Gasteiger partial charge is 0.282 e. The number of allylic oxidation sites excluding steroid dienone is 1. The number of benzene rings is 1. The molecule has 3 rings (SSSR count). The molecule has 1 aliphatic heterocycles. The van der Waals surface area contributed by atoms with Crippen LogP contribution < -0.4 is 21.2 Å². The molecule has 2 heterocycles. The molecule has 2 aromatic rings. The molecule has 0 spiro atoms. The standard InChI is InChI=1S/C25H31N5O3S/c1-14(2)26-22(31)19-12-13-20(34-19)23(32)28-27-15(3)21-16(4)29-30(24(21)33)18-10-8-17(9-11-18)25(5,6)7/h8-14,27H,1-7H3,(H,26,31)(H,28,32)/b21-15-. The normalized spacial score (nSPS) is 15.4. The van der Waals surface area contributed by atoms with Crippen LogP contribution in [0.4, 0.5) is 5.69 Å². The molecule has 0 aliphatic carbocycles. The second kappa shape index (κ2) is 9.80. The van der Waals surface area contributed by atoms with Gasteiger partial charge in [0, 0.05) is 11.7 Å². The van der Waals surface area contributed by atoms with Crippen molar-refractivity contribution in [1.29, 1.82) is 0 Å². The second-order valence-corrected chi connectivity index (χ2v) is 10.6. The van der Waals surface area contributed by atoms with Gasteiger partial charge in [-0.25, -0.2) is 0 Å². The minimum atomic E-state index is -0.400. The van der Waals surface area contributed by atoms with Crippen LogP contribution in [0.25, 0.3) is 0 Å². The summed E-state index contributed by atoms with van der Waals surface area (Å²) in [5, 5.41) is 8.57. The van der Waals surface area contributed by atoms with Crippen molar-refractivity contribution in [3.63, 3.8) is 0 Å². The van der Waals surface area contributed by atoms with Gasteiger partial charge < -0.3 is 10.7 Å². The maximum atomic E-state index is 13.1. The summed E-state index contributed by atoms with van der Waals surface area (Å²) in [7, 11) is 0. The van der Waals surface area contributed by atoms with Gasteiger partial charge in [0.25, 0.3) is 17.7 Å². The van der Waals surface area contributed by atoms with Gasteiger partial charge in [0.2, 0.25) is 0 Å². The summed E-state index contributed by atoms with van der Waals surface area (Å²) in [6, 6.07) is 11.0. The van der Waals surface area contributed by atoms with E-state index in [-0.39, 0.29) is 23.3 Å². The van der Waals surface area contributed by atoms with E-state index in [1.54, 1.807) is 26.0 Å². The fourth-order valence-electron chi connectivity index (χ4n) is 3.41. The van der Waals surface area contributed by atoms with Crippen LogP contribution in [0, 0.1) is 0 Å². The highest BCUT2D eigenvalue weighted by Gasteiger charge is 2.31. The van der Waals surface area contributed by atoms with Gasteiger partial charge in [0.15, 0.2) is 0 Å². The largest absolute Gasteiger partial charge is 0.349 e. The molecule has 8 nitrogen and oxygen atoms in total. The minimum Gasteiger partial charge on any atom is -0.349 e. The number of nitrogens with one attached hydrogen (secondary N) is 3. The lowest BCUT2D eigenvalue weighted by Gasteiger charge is -2.20. The van der Waals surface area contributed by atoms with E-state index in [2.05, 4.69) is 42.0 Å². The van der Waals surface area contributed by atoms with Gasteiger partial charge in [0.05, 0.1) is 26.7 Å². The van der Waals surface area contributed by atoms with Gasteiger partial charge in [-0.1, -0.05) is 32.9 Å². The molecule has 0 saturated carbocycles. The number of hydrazine groups is 1. The Balaban J connectivity index is 1.68. The molecule has 0 radical (unpaired) electrons. The van der Waals surface area contributed by atoms with Gasteiger partial charge in [-0.3, -0.25) is 19.8 Å². The lowest BCUT2D eigenvalue weighted by molar-refractivity contribution is -0.114. The lowest BCUT2D eigenvalue weighted by Crippen LogP contribution is -2.37. The molecular weight excluding hydrogens is 450 g/mol. The third-order valence-electron chi connectivity index (χ3n) is 5.21. The fourth-order valence-corrected chi connectivity index (χ4v) is 4.21. The van der Waals surface area contributed by atoms with Crippen molar-refractivity contribution in [2.75, 3.05) is 5.01 Å². The molecule has 34 heavy (non-hydrogen) atoms. The van der Waals surface area contributed by atoms with Crippen LogP contribution in [0.1, 0.15) is 73.4 Å². The highest BCUT2D eigenvalue weighted by Crippen LogP contribution is 2.28. The Bertz CT molecular complexity index is 1170. The molecule has 1 aromatic heterocycles. The first-order valence-electron chi connectivity index (χ1n) is 11.1. The monoisotopic (exact) mass is 481 g/mol. The van der Waals surface area contributed by atoms with Crippen molar-refractivity contribution >= 4 is 40.5 Å². The van der Waals surface area contributed by atoms with Crippen molar-refractivity contribution < 1.29 is 14.4 Å². The summed E-state index contributed by atoms with van der Waals surface area (Å²) >= 11 is 1.10. The molecule has 180 valence electrons. The molecule has 1 aromatic carbocycles. The Kier molecular flexibility index (Phi) is 7.26. The van der Waals surface area contributed by atoms with Gasteiger partial charge >= 0.3 is 0 Å². The minimum absolute atomic E-state index is 0.00709. The third-order valence-corrected chi connectivity index (χ3v) is 6.29. The van der Waals surface area contributed by atoms with E-state index < -0.39 is 5.91 Å². The number of rotatable bonds is 6. The van der Waals surface area contributed by atoms with Crippen molar-refractivity contribution in [2.45, 2.75) is 59.9 Å². The maximum Gasteiger partial charge on any atom is 0.282 e. The quantitative estimate of drug-likeness (QED) is 0.427. The fraction of sp³-hybridized carbons (Fsp3) is 0.360. The van der Waals surface area contributed by atoms with E-state index in [0.717, 1.165) is 11.3 Å². The molecule has 0 fully saturated rings. The molecule has 9 heteroatoms. The van der Waals surface area contributed by atoms with E-state index in [4.69, 9.17) is 0 Å². The Labute approximate surface area is 204 Å². The summed E-state index contributed by atoms with van der Waals surface area (Å²) in [5.74, 6) is -0.892. The van der Waals surface area contributed by atoms with E-state index >= 15 is 0 Å². The Morgan fingerprint density at radius 2 is 1.56 bits per heavy atom. The van der Waals surface area contributed by atoms with Crippen molar-refractivity contribution in [3.05, 3.63) is 63.0 Å². The number of nitrogens with zero attached hydrogens (tertiary/aromatic N) is 2. The molecule has 1 aliphatic rings. The van der Waals surface area contributed by atoms with Crippen molar-refractivity contribution in [1.82, 2.24) is 16.2 Å². The SMILES string of the molecule is CC1=NN(c2ccc(C(C)(C)C)cc2)C(=O)/C1=C(/C)NNC(=O)c1ccc(C(=O)NC(C)C)s1. The summed E-state index contributed by atoms with van der Waals surface area (Å²) in [5.41, 5.74) is 8.68. The molecule has 3 amide bonds. The van der Waals surface area contributed by atoms with Gasteiger partial charge in [-0.05, 0) is 62.9 Å². The number of amides is 3. The summed E-state index contributed by atoms with van der Waals surface area (Å²) < 4.78 is 0. The molecule has 0 unspecified atom stereocenters. The number of carbonyl (C=O) groups excluding carboxylic acids is 3. The Morgan fingerprint density at radius 3 is 2.12 bits per heavy atom. The highest BCUT2D eigenvalue weighted by atomic mass is 32.1. The zero-order chi connectivity index (χ0) is 25.2. The number of hydrazone groups is 1. The summed E-state index contributed by atoms with van der Waals surface area (Å²) in [6.45, 7) is 13.6. The summed E-state index contributed by atoms with van der Waals surface area (Å²) in [4.78, 5) is 38.6. The third kappa shape index (κ3) is 5.53. The first-order valence-corrected chi connectivity index (χ1v) is 11.9. The average molecular weight is 482 g/mol. The van der Waals surface area contributed by atoms with Crippen LogP contribution in [0.2, 0.25) is 0 Å².